The molecule has 0 saturated heterocycles. The van der Waals surface area contributed by atoms with E-state index < -0.39 is 0 Å². The van der Waals surface area contributed by atoms with Crippen LogP contribution in [0.2, 0.25) is 0 Å². The molecule has 0 fully saturated rings. The van der Waals surface area contributed by atoms with Crippen LogP contribution in [0.3, 0.4) is 0 Å². The first kappa shape index (κ1) is 17.8. The van der Waals surface area contributed by atoms with E-state index in [-0.39, 0.29) is 0 Å². The maximum atomic E-state index is 5.58. The number of guanidine groups is 1. The van der Waals surface area contributed by atoms with Gasteiger partial charge in [-0.1, -0.05) is 6.07 Å². The van der Waals surface area contributed by atoms with E-state index >= 15 is 0 Å². The maximum Gasteiger partial charge on any atom is 0.214 e. The van der Waals surface area contributed by atoms with Gasteiger partial charge in [-0.3, -0.25) is 0 Å². The number of nitrogens with one attached hydrogen (secondary N) is 2. The van der Waals surface area contributed by atoms with Crippen LogP contribution in [0.1, 0.15) is 35.4 Å². The van der Waals surface area contributed by atoms with Gasteiger partial charge >= 0.3 is 0 Å². The molecule has 2 rings (SSSR count). The summed E-state index contributed by atoms with van der Waals surface area (Å²) in [5, 5.41) is 6.47. The van der Waals surface area contributed by atoms with Crippen molar-refractivity contribution in [2.45, 2.75) is 40.8 Å². The summed E-state index contributed by atoms with van der Waals surface area (Å²) in [6, 6.07) is 6.11. The highest BCUT2D eigenvalue weighted by Crippen LogP contribution is 2.17. The monoisotopic (exact) mass is 330 g/mol. The average molecular weight is 330 g/mol. The van der Waals surface area contributed by atoms with Crippen LogP contribution in [0.4, 0.5) is 0 Å². The van der Waals surface area contributed by atoms with Gasteiger partial charge in [-0.25, -0.2) is 9.98 Å². The maximum absolute atomic E-state index is 5.58. The van der Waals surface area contributed by atoms with Gasteiger partial charge in [0, 0.05) is 6.54 Å². The Morgan fingerprint density at radius 3 is 2.62 bits per heavy atom. The lowest BCUT2D eigenvalue weighted by Gasteiger charge is -2.10. The fourth-order valence-electron chi connectivity index (χ4n) is 2.32. The molecule has 2 aromatic rings. The summed E-state index contributed by atoms with van der Waals surface area (Å²) < 4.78 is 10.9. The van der Waals surface area contributed by atoms with Gasteiger partial charge in [0.05, 0.1) is 25.9 Å². The summed E-state index contributed by atoms with van der Waals surface area (Å²) in [6.07, 6.45) is 0. The fourth-order valence-corrected chi connectivity index (χ4v) is 2.32. The van der Waals surface area contributed by atoms with E-state index in [4.69, 9.17) is 9.15 Å². The van der Waals surface area contributed by atoms with Crippen LogP contribution in [-0.4, -0.2) is 24.6 Å². The number of hydrogen-bond acceptors (Lipinski definition) is 4. The molecule has 1 heterocycles. The standard InChI is InChI=1S/C18H26N4O2/c1-6-19-18(21-11-17-22-13(3)14(4)24-17)20-10-15-7-12(2)8-16(9-15)23-5/h7-9H,6,10-11H2,1-5H3,(H2,19,20,21). The minimum atomic E-state index is 0.498. The highest BCUT2D eigenvalue weighted by molar-refractivity contribution is 5.79. The molecule has 0 spiro atoms. The first-order valence-electron chi connectivity index (χ1n) is 8.11. The number of oxazole rings is 1. The number of aromatic nitrogens is 1. The third-order valence-electron chi connectivity index (χ3n) is 3.59. The van der Waals surface area contributed by atoms with Crippen LogP contribution < -0.4 is 15.4 Å². The molecule has 0 aliphatic carbocycles. The lowest BCUT2D eigenvalue weighted by atomic mass is 10.1. The Balaban J connectivity index is 2.03. The highest BCUT2D eigenvalue weighted by atomic mass is 16.5. The van der Waals surface area contributed by atoms with E-state index in [2.05, 4.69) is 26.7 Å². The number of aryl methyl sites for hydroxylation is 3. The molecule has 0 aliphatic rings. The lowest BCUT2D eigenvalue weighted by Crippen LogP contribution is -2.36. The summed E-state index contributed by atoms with van der Waals surface area (Å²) in [4.78, 5) is 8.98. The van der Waals surface area contributed by atoms with E-state index in [1.165, 1.54) is 0 Å². The van der Waals surface area contributed by atoms with Crippen molar-refractivity contribution in [3.63, 3.8) is 0 Å². The van der Waals surface area contributed by atoms with Gasteiger partial charge < -0.3 is 19.8 Å². The van der Waals surface area contributed by atoms with E-state index in [1.54, 1.807) is 7.11 Å². The quantitative estimate of drug-likeness (QED) is 0.629. The number of aliphatic imine (C=N–C) groups is 1. The molecule has 0 radical (unpaired) electrons. The van der Waals surface area contributed by atoms with Crippen molar-refractivity contribution < 1.29 is 9.15 Å². The molecule has 0 unspecified atom stereocenters. The van der Waals surface area contributed by atoms with Gasteiger partial charge in [-0.15, -0.1) is 0 Å². The summed E-state index contributed by atoms with van der Waals surface area (Å²) in [6.45, 7) is 9.78. The largest absolute Gasteiger partial charge is 0.497 e. The summed E-state index contributed by atoms with van der Waals surface area (Å²) >= 11 is 0. The Kier molecular flexibility index (Phi) is 6.23. The van der Waals surface area contributed by atoms with Gasteiger partial charge in [-0.05, 0) is 51.0 Å². The summed E-state index contributed by atoms with van der Waals surface area (Å²) in [7, 11) is 1.67. The zero-order chi connectivity index (χ0) is 17.5. The van der Waals surface area contributed by atoms with Crippen molar-refractivity contribution in [3.8, 4) is 5.75 Å². The molecule has 2 N–H and O–H groups in total. The normalized spacial score (nSPS) is 11.5. The third kappa shape index (κ3) is 5.01. The average Bonchev–Trinajstić information content (AvgIpc) is 2.88. The lowest BCUT2D eigenvalue weighted by molar-refractivity contribution is 0.414. The van der Waals surface area contributed by atoms with Gasteiger partial charge in [0.2, 0.25) is 5.89 Å². The number of ether oxygens (including phenoxy) is 1. The topological polar surface area (TPSA) is 71.7 Å². The summed E-state index contributed by atoms with van der Waals surface area (Å²) in [5.41, 5.74) is 3.18. The SMILES string of the molecule is CCNC(=NCc1cc(C)cc(OC)c1)NCc1nc(C)c(C)o1. The van der Waals surface area contributed by atoms with Gasteiger partial charge in [-0.2, -0.15) is 0 Å². The predicted octanol–water partition coefficient (Wildman–Crippen LogP) is 2.86. The second kappa shape index (κ2) is 8.38. The Morgan fingerprint density at radius 1 is 1.21 bits per heavy atom. The van der Waals surface area contributed by atoms with E-state index in [1.807, 2.05) is 39.8 Å². The molecule has 24 heavy (non-hydrogen) atoms. The molecule has 0 bridgehead atoms. The minimum absolute atomic E-state index is 0.498. The van der Waals surface area contributed by atoms with Crippen LogP contribution >= 0.6 is 0 Å². The van der Waals surface area contributed by atoms with Crippen LogP contribution in [0, 0.1) is 20.8 Å². The van der Waals surface area contributed by atoms with Crippen molar-refractivity contribution in [3.05, 3.63) is 46.7 Å². The molecule has 0 atom stereocenters. The zero-order valence-corrected chi connectivity index (χ0v) is 15.1. The van der Waals surface area contributed by atoms with Crippen molar-refractivity contribution >= 4 is 5.96 Å². The molecule has 6 heteroatoms. The smallest absolute Gasteiger partial charge is 0.214 e. The Morgan fingerprint density at radius 2 is 2.00 bits per heavy atom. The van der Waals surface area contributed by atoms with Crippen LogP contribution in [0.15, 0.2) is 27.6 Å². The third-order valence-corrected chi connectivity index (χ3v) is 3.59. The second-order valence-electron chi connectivity index (χ2n) is 5.66. The van der Waals surface area contributed by atoms with Gasteiger partial charge in [0.25, 0.3) is 0 Å². The van der Waals surface area contributed by atoms with Crippen molar-refractivity contribution in [2.75, 3.05) is 13.7 Å². The first-order chi connectivity index (χ1) is 11.5. The number of rotatable bonds is 6. The van der Waals surface area contributed by atoms with Crippen molar-refractivity contribution in [1.82, 2.24) is 15.6 Å². The molecule has 0 amide bonds. The molecule has 130 valence electrons. The molecular formula is C18H26N4O2. The van der Waals surface area contributed by atoms with Crippen molar-refractivity contribution in [1.29, 1.82) is 0 Å². The molecule has 1 aromatic carbocycles. The first-order valence-corrected chi connectivity index (χ1v) is 8.11. The predicted molar refractivity (Wildman–Crippen MR) is 95.4 cm³/mol. The molecule has 6 nitrogen and oxygen atoms in total. The summed E-state index contributed by atoms with van der Waals surface area (Å²) in [5.74, 6) is 3.09. The van der Waals surface area contributed by atoms with E-state index in [9.17, 15) is 0 Å². The van der Waals surface area contributed by atoms with Crippen molar-refractivity contribution in [2.24, 2.45) is 4.99 Å². The van der Waals surface area contributed by atoms with E-state index in [0.717, 1.165) is 40.8 Å². The molecule has 1 aromatic heterocycles. The highest BCUT2D eigenvalue weighted by Gasteiger charge is 2.06. The van der Waals surface area contributed by atoms with Crippen LogP contribution in [0.25, 0.3) is 0 Å². The minimum Gasteiger partial charge on any atom is -0.497 e. The van der Waals surface area contributed by atoms with Gasteiger partial charge in [0.15, 0.2) is 5.96 Å². The molecule has 0 saturated carbocycles. The molecule has 0 aliphatic heterocycles. The number of methoxy groups -OCH3 is 1. The zero-order valence-electron chi connectivity index (χ0n) is 15.1. The van der Waals surface area contributed by atoms with E-state index in [0.29, 0.717) is 19.0 Å². The number of benzene rings is 1. The van der Waals surface area contributed by atoms with Crippen LogP contribution in [-0.2, 0) is 13.1 Å². The Hall–Kier alpha value is -2.50. The second-order valence-corrected chi connectivity index (χ2v) is 5.66. The Labute approximate surface area is 143 Å². The van der Waals surface area contributed by atoms with Gasteiger partial charge in [0.1, 0.15) is 11.5 Å². The fraction of sp³-hybridized carbons (Fsp3) is 0.444. The molecular weight excluding hydrogens is 304 g/mol. The number of hydrogen-bond donors (Lipinski definition) is 2. The van der Waals surface area contributed by atoms with Crippen LogP contribution in [0.5, 0.6) is 5.75 Å². The Bertz CT molecular complexity index is 688. The number of nitrogens with zero attached hydrogens (tertiary/aromatic N) is 2.